The van der Waals surface area contributed by atoms with Crippen molar-refractivity contribution in [1.82, 2.24) is 9.88 Å². The Balaban J connectivity index is 1.63. The molecular formula is C30H34ClFN2O6. The van der Waals surface area contributed by atoms with Crippen molar-refractivity contribution >= 4 is 17.4 Å². The third kappa shape index (κ3) is 6.90. The van der Waals surface area contributed by atoms with Crippen LogP contribution in [-0.4, -0.2) is 72.9 Å². The summed E-state index contributed by atoms with van der Waals surface area (Å²) in [5, 5.41) is 21.0. The van der Waals surface area contributed by atoms with E-state index in [0.29, 0.717) is 46.3 Å². The van der Waals surface area contributed by atoms with Gasteiger partial charge in [0.05, 0.1) is 31.5 Å². The number of halogens is 2. The second kappa shape index (κ2) is 13.4. The molecule has 3 aromatic rings. The lowest BCUT2D eigenvalue weighted by Gasteiger charge is -2.32. The quantitative estimate of drug-likeness (QED) is 0.280. The van der Waals surface area contributed by atoms with E-state index in [1.807, 2.05) is 0 Å². The average Bonchev–Trinajstić information content (AvgIpc) is 3.48. The minimum absolute atomic E-state index is 0.0483. The van der Waals surface area contributed by atoms with E-state index in [0.717, 1.165) is 25.9 Å². The maximum absolute atomic E-state index is 13.8. The third-order valence-corrected chi connectivity index (χ3v) is 7.32. The van der Waals surface area contributed by atoms with Crippen LogP contribution in [0.25, 0.3) is 11.3 Å². The Kier molecular flexibility index (Phi) is 9.97. The molecule has 214 valence electrons. The summed E-state index contributed by atoms with van der Waals surface area (Å²) in [5.41, 5.74) is 0.311. The number of hydrogen-bond acceptors (Lipinski definition) is 8. The van der Waals surface area contributed by atoms with Crippen LogP contribution in [0, 0.1) is 5.82 Å². The zero-order chi connectivity index (χ0) is 28.7. The van der Waals surface area contributed by atoms with Gasteiger partial charge in [-0.15, -0.1) is 0 Å². The van der Waals surface area contributed by atoms with Gasteiger partial charge in [0.2, 0.25) is 0 Å². The largest absolute Gasteiger partial charge is 0.494 e. The second-order valence-electron chi connectivity index (χ2n) is 9.75. The van der Waals surface area contributed by atoms with Crippen molar-refractivity contribution in [2.45, 2.75) is 31.3 Å². The lowest BCUT2D eigenvalue weighted by atomic mass is 9.89. The van der Waals surface area contributed by atoms with Crippen molar-refractivity contribution < 1.29 is 33.6 Å². The summed E-state index contributed by atoms with van der Waals surface area (Å²) in [6, 6.07) is 12.6. The Hall–Kier alpha value is -3.24. The smallest absolute Gasteiger partial charge is 0.163 e. The maximum atomic E-state index is 13.8. The van der Waals surface area contributed by atoms with Crippen LogP contribution in [0.2, 0.25) is 5.02 Å². The molecular weight excluding hydrogens is 539 g/mol. The number of methoxy groups -OCH3 is 2. The molecule has 2 aromatic carbocycles. The molecule has 0 amide bonds. The van der Waals surface area contributed by atoms with E-state index in [2.05, 4.69) is 4.90 Å². The number of likely N-dealkylation sites (tertiary alicyclic amines) is 1. The lowest BCUT2D eigenvalue weighted by molar-refractivity contribution is -0.00744. The number of ether oxygens (including phenoxy) is 3. The molecule has 2 N–H and O–H groups in total. The second-order valence-corrected chi connectivity index (χ2v) is 10.2. The Labute approximate surface area is 238 Å². The van der Waals surface area contributed by atoms with Gasteiger partial charge in [-0.05, 0) is 80.9 Å². The highest BCUT2D eigenvalue weighted by atomic mass is 35.5. The first-order valence-electron chi connectivity index (χ1n) is 13.2. The Morgan fingerprint density at radius 3 is 2.45 bits per heavy atom. The predicted octanol–water partition coefficient (Wildman–Crippen LogP) is 4.88. The molecule has 40 heavy (non-hydrogen) atoms. The summed E-state index contributed by atoms with van der Waals surface area (Å²) < 4.78 is 30.2. The van der Waals surface area contributed by atoms with E-state index < -0.39 is 11.4 Å². The van der Waals surface area contributed by atoms with Gasteiger partial charge in [0.25, 0.3) is 0 Å². The number of pyridine rings is 1. The van der Waals surface area contributed by atoms with Crippen LogP contribution in [0.4, 0.5) is 4.39 Å². The van der Waals surface area contributed by atoms with Crippen LogP contribution in [0.15, 0.2) is 48.5 Å². The van der Waals surface area contributed by atoms with E-state index in [1.54, 1.807) is 36.4 Å². The number of β-amino-alcohol motifs (C(OH)–C–C–N with tert-alkyl or cyclic N) is 1. The Bertz CT molecular complexity index is 1330. The van der Waals surface area contributed by atoms with Gasteiger partial charge < -0.3 is 29.3 Å². The third-order valence-electron chi connectivity index (χ3n) is 7.03. The summed E-state index contributed by atoms with van der Waals surface area (Å²) >= 11 is 6.04. The van der Waals surface area contributed by atoms with Crippen LogP contribution in [-0.2, 0) is 5.60 Å². The Morgan fingerprint density at radius 2 is 1.77 bits per heavy atom. The lowest BCUT2D eigenvalue weighted by Crippen LogP contribution is -2.41. The van der Waals surface area contributed by atoms with Crippen LogP contribution in [0.5, 0.6) is 17.2 Å². The molecule has 0 bridgehead atoms. The summed E-state index contributed by atoms with van der Waals surface area (Å²) in [7, 11) is 2.99. The van der Waals surface area contributed by atoms with Gasteiger partial charge in [-0.25, -0.2) is 9.37 Å². The fourth-order valence-electron chi connectivity index (χ4n) is 4.90. The molecule has 0 spiro atoms. The number of carbonyl (C=O) groups is 1. The molecule has 1 atom stereocenters. The molecule has 1 aliphatic heterocycles. The zero-order valence-corrected chi connectivity index (χ0v) is 23.4. The highest BCUT2D eigenvalue weighted by Gasteiger charge is 2.35. The summed E-state index contributed by atoms with van der Waals surface area (Å²) in [5.74, 6) is 0.530. The van der Waals surface area contributed by atoms with Crippen LogP contribution >= 0.6 is 11.6 Å². The van der Waals surface area contributed by atoms with Crippen LogP contribution in [0.1, 0.15) is 41.7 Å². The van der Waals surface area contributed by atoms with Crippen molar-refractivity contribution in [3.8, 4) is 28.5 Å². The first-order chi connectivity index (χ1) is 19.3. The average molecular weight is 573 g/mol. The number of aliphatic hydroxyl groups is 2. The van der Waals surface area contributed by atoms with Gasteiger partial charge >= 0.3 is 0 Å². The van der Waals surface area contributed by atoms with Crippen molar-refractivity contribution in [2.24, 2.45) is 0 Å². The molecule has 0 aliphatic carbocycles. The molecule has 1 fully saturated rings. The topological polar surface area (TPSA) is 101 Å². The number of ketones is 1. The molecule has 1 saturated heterocycles. The minimum atomic E-state index is -1.45. The predicted molar refractivity (Wildman–Crippen MR) is 150 cm³/mol. The monoisotopic (exact) mass is 572 g/mol. The number of nitrogens with zero attached hydrogens (tertiary/aromatic N) is 2. The summed E-state index contributed by atoms with van der Waals surface area (Å²) in [4.78, 5) is 20.2. The van der Waals surface area contributed by atoms with Gasteiger partial charge in [-0.1, -0.05) is 11.6 Å². The maximum Gasteiger partial charge on any atom is 0.163 e. The fraction of sp³-hybridized carbons (Fsp3) is 0.400. The molecule has 4 rings (SSSR count). The first kappa shape index (κ1) is 29.7. The summed E-state index contributed by atoms with van der Waals surface area (Å²) in [6.45, 7) is 1.96. The molecule has 1 aromatic heterocycles. The van der Waals surface area contributed by atoms with Crippen molar-refractivity contribution in [2.75, 3.05) is 47.1 Å². The number of aliphatic hydroxyl groups excluding tert-OH is 1. The van der Waals surface area contributed by atoms with Crippen molar-refractivity contribution in [1.29, 1.82) is 0 Å². The number of benzene rings is 2. The number of aromatic nitrogens is 1. The van der Waals surface area contributed by atoms with Gasteiger partial charge in [0.1, 0.15) is 29.5 Å². The number of hydrogen-bond donors (Lipinski definition) is 2. The number of Topliss-reactive ketones (excluding diaryl/α,β-unsaturated/α-hetero) is 1. The van der Waals surface area contributed by atoms with Crippen LogP contribution < -0.4 is 14.2 Å². The molecule has 10 heteroatoms. The number of rotatable bonds is 13. The number of carbonyl (C=O) groups excluding carboxylic acids is 1. The van der Waals surface area contributed by atoms with Gasteiger partial charge in [-0.3, -0.25) is 4.79 Å². The highest BCUT2D eigenvalue weighted by Crippen LogP contribution is 2.36. The standard InChI is InChI=1S/C30H34ClFN2O6/c1-38-26-9-10-28(33-29(26)21-5-7-23(32)22(31)17-21)30(37,19-34-13-3-4-14-34)12-11-24(36)20-6-8-25(40-16-15-35)27(18-20)39-2/h5-10,17-18,35,37H,3-4,11-16,19H2,1-2H3. The van der Waals surface area contributed by atoms with E-state index in [1.165, 1.54) is 26.4 Å². The van der Waals surface area contributed by atoms with E-state index >= 15 is 0 Å². The van der Waals surface area contributed by atoms with Gasteiger partial charge in [0.15, 0.2) is 17.3 Å². The van der Waals surface area contributed by atoms with E-state index in [9.17, 15) is 14.3 Å². The van der Waals surface area contributed by atoms with Gasteiger partial charge in [-0.2, -0.15) is 0 Å². The van der Waals surface area contributed by atoms with Crippen molar-refractivity contribution in [3.63, 3.8) is 0 Å². The first-order valence-corrected chi connectivity index (χ1v) is 13.6. The molecule has 1 aliphatic rings. The fourth-order valence-corrected chi connectivity index (χ4v) is 5.08. The van der Waals surface area contributed by atoms with Crippen LogP contribution in [0.3, 0.4) is 0 Å². The zero-order valence-electron chi connectivity index (χ0n) is 22.7. The van der Waals surface area contributed by atoms with E-state index in [4.69, 9.17) is 35.9 Å². The molecule has 0 saturated carbocycles. The molecule has 1 unspecified atom stereocenters. The van der Waals surface area contributed by atoms with E-state index in [-0.39, 0.29) is 36.9 Å². The SMILES string of the molecule is COc1cc(C(=O)CCC(O)(CN2CCCC2)c2ccc(OC)c(-c3ccc(F)c(Cl)c3)n2)ccc1OCCO. The summed E-state index contributed by atoms with van der Waals surface area (Å²) in [6.07, 6.45) is 2.25. The minimum Gasteiger partial charge on any atom is -0.494 e. The molecule has 0 radical (unpaired) electrons. The Morgan fingerprint density at radius 1 is 1.05 bits per heavy atom. The van der Waals surface area contributed by atoms with Crippen molar-refractivity contribution in [3.05, 3.63) is 70.6 Å². The highest BCUT2D eigenvalue weighted by molar-refractivity contribution is 6.31. The normalized spacial score (nSPS) is 15.1. The molecule has 8 nitrogen and oxygen atoms in total. The molecule has 2 heterocycles. The van der Waals surface area contributed by atoms with Gasteiger partial charge in [0, 0.05) is 24.1 Å².